The lowest BCUT2D eigenvalue weighted by atomic mass is 10.1. The van der Waals surface area contributed by atoms with Gasteiger partial charge in [0.15, 0.2) is 0 Å². The molecule has 1 aliphatic rings. The quantitative estimate of drug-likeness (QED) is 0.908. The van der Waals surface area contributed by atoms with Crippen LogP contribution in [0.4, 0.5) is 0 Å². The molecule has 1 aliphatic carbocycles. The molecule has 1 fully saturated rings. The van der Waals surface area contributed by atoms with E-state index in [9.17, 15) is 4.79 Å². The lowest BCUT2D eigenvalue weighted by Gasteiger charge is -2.04. The van der Waals surface area contributed by atoms with E-state index >= 15 is 0 Å². The van der Waals surface area contributed by atoms with Crippen LogP contribution in [0.1, 0.15) is 43.5 Å². The third kappa shape index (κ3) is 2.55. The van der Waals surface area contributed by atoms with Gasteiger partial charge >= 0.3 is 0 Å². The monoisotopic (exact) mass is 271 g/mol. The molecule has 0 aliphatic heterocycles. The molecule has 4 heteroatoms. The second kappa shape index (κ2) is 5.27. The van der Waals surface area contributed by atoms with Crippen molar-refractivity contribution < 1.29 is 4.79 Å². The van der Waals surface area contributed by atoms with E-state index in [1.807, 2.05) is 6.92 Å². The summed E-state index contributed by atoms with van der Waals surface area (Å²) in [5, 5.41) is 2.91. The van der Waals surface area contributed by atoms with Gasteiger partial charge in [0.05, 0.1) is 11.0 Å². The Hall–Kier alpha value is -1.84. The van der Waals surface area contributed by atoms with Gasteiger partial charge in [0, 0.05) is 25.9 Å². The highest BCUT2D eigenvalue weighted by atomic mass is 16.1. The first-order chi connectivity index (χ1) is 9.69. The van der Waals surface area contributed by atoms with Crippen molar-refractivity contribution in [3.8, 4) is 0 Å². The zero-order valence-corrected chi connectivity index (χ0v) is 12.1. The zero-order valence-electron chi connectivity index (χ0n) is 12.1. The molecule has 0 radical (unpaired) electrons. The maximum Gasteiger partial charge on any atom is 0.219 e. The van der Waals surface area contributed by atoms with Crippen molar-refractivity contribution in [2.75, 3.05) is 6.54 Å². The Bertz CT molecular complexity index is 640. The Labute approximate surface area is 119 Å². The smallest absolute Gasteiger partial charge is 0.219 e. The van der Waals surface area contributed by atoms with Crippen molar-refractivity contribution >= 4 is 16.9 Å². The van der Waals surface area contributed by atoms with Gasteiger partial charge in [-0.3, -0.25) is 4.79 Å². The van der Waals surface area contributed by atoms with Crippen LogP contribution in [0.3, 0.4) is 0 Å². The fourth-order valence-corrected chi connectivity index (χ4v) is 2.60. The molecule has 1 N–H and O–H groups in total. The number of amides is 1. The van der Waals surface area contributed by atoms with E-state index in [-0.39, 0.29) is 5.91 Å². The first-order valence-corrected chi connectivity index (χ1v) is 7.41. The van der Waals surface area contributed by atoms with Crippen LogP contribution in [-0.2, 0) is 18.3 Å². The summed E-state index contributed by atoms with van der Waals surface area (Å²) in [7, 11) is 2.10. The third-order valence-electron chi connectivity index (χ3n) is 3.98. The fourth-order valence-electron chi connectivity index (χ4n) is 2.60. The SMILES string of the molecule is CCC(=O)NCCc1ccc2c(c1)nc(C1CC1)n2C. The number of nitrogens with one attached hydrogen (secondary N) is 1. The number of hydrogen-bond acceptors (Lipinski definition) is 2. The summed E-state index contributed by atoms with van der Waals surface area (Å²) in [4.78, 5) is 16.0. The Kier molecular flexibility index (Phi) is 3.47. The Morgan fingerprint density at radius 1 is 1.45 bits per heavy atom. The van der Waals surface area contributed by atoms with Crippen LogP contribution in [-0.4, -0.2) is 22.0 Å². The molecule has 1 aromatic heterocycles. The minimum atomic E-state index is 0.111. The van der Waals surface area contributed by atoms with E-state index in [1.165, 1.54) is 29.7 Å². The van der Waals surface area contributed by atoms with Gasteiger partial charge in [0.1, 0.15) is 5.82 Å². The summed E-state index contributed by atoms with van der Waals surface area (Å²) in [6, 6.07) is 6.43. The van der Waals surface area contributed by atoms with E-state index in [4.69, 9.17) is 4.98 Å². The minimum absolute atomic E-state index is 0.111. The minimum Gasteiger partial charge on any atom is -0.356 e. The average molecular weight is 271 g/mol. The van der Waals surface area contributed by atoms with Crippen LogP contribution in [0, 0.1) is 0 Å². The molecule has 20 heavy (non-hydrogen) atoms. The van der Waals surface area contributed by atoms with Crippen molar-refractivity contribution in [2.24, 2.45) is 7.05 Å². The van der Waals surface area contributed by atoms with Gasteiger partial charge in [0.2, 0.25) is 5.91 Å². The van der Waals surface area contributed by atoms with Gasteiger partial charge < -0.3 is 9.88 Å². The van der Waals surface area contributed by atoms with Crippen LogP contribution in [0.2, 0.25) is 0 Å². The van der Waals surface area contributed by atoms with Gasteiger partial charge in [-0.15, -0.1) is 0 Å². The normalized spacial score (nSPS) is 14.7. The standard InChI is InChI=1S/C16H21N3O/c1-3-15(20)17-9-8-11-4-7-14-13(10-11)18-16(19(14)2)12-5-6-12/h4,7,10,12H,3,5-6,8-9H2,1-2H3,(H,17,20). The van der Waals surface area contributed by atoms with Crippen LogP contribution < -0.4 is 5.32 Å². The first kappa shape index (κ1) is 13.2. The topological polar surface area (TPSA) is 46.9 Å². The summed E-state index contributed by atoms with van der Waals surface area (Å²) < 4.78 is 2.22. The first-order valence-electron chi connectivity index (χ1n) is 7.41. The summed E-state index contributed by atoms with van der Waals surface area (Å²) in [5.74, 6) is 2.00. The predicted molar refractivity (Wildman–Crippen MR) is 79.7 cm³/mol. The number of carbonyl (C=O) groups excluding carboxylic acids is 1. The summed E-state index contributed by atoms with van der Waals surface area (Å²) in [6.07, 6.45) is 3.95. The molecular formula is C16H21N3O. The van der Waals surface area contributed by atoms with Crippen molar-refractivity contribution in [3.63, 3.8) is 0 Å². The number of imidazole rings is 1. The third-order valence-corrected chi connectivity index (χ3v) is 3.98. The van der Waals surface area contributed by atoms with Crippen molar-refractivity contribution in [1.29, 1.82) is 0 Å². The molecular weight excluding hydrogens is 250 g/mol. The Balaban J connectivity index is 1.75. The Morgan fingerprint density at radius 2 is 2.25 bits per heavy atom. The van der Waals surface area contributed by atoms with E-state index in [2.05, 4.69) is 35.1 Å². The number of aryl methyl sites for hydroxylation is 1. The van der Waals surface area contributed by atoms with E-state index in [0.29, 0.717) is 18.9 Å². The van der Waals surface area contributed by atoms with Crippen molar-refractivity contribution in [3.05, 3.63) is 29.6 Å². The second-order valence-corrected chi connectivity index (χ2v) is 5.58. The summed E-state index contributed by atoms with van der Waals surface area (Å²) in [6.45, 7) is 2.56. The largest absolute Gasteiger partial charge is 0.356 e. The van der Waals surface area contributed by atoms with Gasteiger partial charge in [-0.25, -0.2) is 4.98 Å². The molecule has 2 aromatic rings. The number of hydrogen-bond donors (Lipinski definition) is 1. The number of nitrogens with zero attached hydrogens (tertiary/aromatic N) is 2. The molecule has 4 nitrogen and oxygen atoms in total. The molecule has 0 saturated heterocycles. The summed E-state index contributed by atoms with van der Waals surface area (Å²) in [5.41, 5.74) is 3.51. The molecule has 1 saturated carbocycles. The molecule has 1 amide bonds. The average Bonchev–Trinajstić information content (AvgIpc) is 3.24. The van der Waals surface area contributed by atoms with E-state index in [0.717, 1.165) is 11.9 Å². The highest BCUT2D eigenvalue weighted by Crippen LogP contribution is 2.40. The van der Waals surface area contributed by atoms with Gasteiger partial charge in [-0.2, -0.15) is 0 Å². The van der Waals surface area contributed by atoms with Crippen molar-refractivity contribution in [1.82, 2.24) is 14.9 Å². The van der Waals surface area contributed by atoms with Crippen LogP contribution in [0.5, 0.6) is 0 Å². The van der Waals surface area contributed by atoms with Gasteiger partial charge in [0.25, 0.3) is 0 Å². The molecule has 106 valence electrons. The number of carbonyl (C=O) groups is 1. The maximum absolute atomic E-state index is 11.2. The maximum atomic E-state index is 11.2. The highest BCUT2D eigenvalue weighted by molar-refractivity contribution is 5.77. The lowest BCUT2D eigenvalue weighted by molar-refractivity contribution is -0.120. The number of aromatic nitrogens is 2. The molecule has 0 unspecified atom stereocenters. The number of rotatable bonds is 5. The van der Waals surface area contributed by atoms with Crippen molar-refractivity contribution in [2.45, 2.75) is 38.5 Å². The van der Waals surface area contributed by atoms with Crippen LogP contribution in [0.15, 0.2) is 18.2 Å². The van der Waals surface area contributed by atoms with E-state index in [1.54, 1.807) is 0 Å². The molecule has 1 aromatic carbocycles. The zero-order chi connectivity index (χ0) is 14.1. The highest BCUT2D eigenvalue weighted by Gasteiger charge is 2.28. The summed E-state index contributed by atoms with van der Waals surface area (Å²) >= 11 is 0. The number of fused-ring (bicyclic) bond motifs is 1. The van der Waals surface area contributed by atoms with Crippen LogP contribution in [0.25, 0.3) is 11.0 Å². The molecule has 0 atom stereocenters. The van der Waals surface area contributed by atoms with E-state index < -0.39 is 0 Å². The molecule has 1 heterocycles. The van der Waals surface area contributed by atoms with Gasteiger partial charge in [-0.05, 0) is 37.0 Å². The molecule has 0 spiro atoms. The molecule has 3 rings (SSSR count). The van der Waals surface area contributed by atoms with Crippen LogP contribution >= 0.6 is 0 Å². The second-order valence-electron chi connectivity index (χ2n) is 5.58. The van der Waals surface area contributed by atoms with Gasteiger partial charge in [-0.1, -0.05) is 13.0 Å². The Morgan fingerprint density at radius 3 is 2.95 bits per heavy atom. The predicted octanol–water partition coefficient (Wildman–Crippen LogP) is 2.52. The lowest BCUT2D eigenvalue weighted by Crippen LogP contribution is -2.24. The fraction of sp³-hybridized carbons (Fsp3) is 0.500. The number of benzene rings is 1. The molecule has 0 bridgehead atoms.